The van der Waals surface area contributed by atoms with E-state index in [1.165, 1.54) is 17.0 Å². The van der Waals surface area contributed by atoms with Crippen LogP contribution in [0.3, 0.4) is 0 Å². The molecule has 0 saturated carbocycles. The molecule has 1 atom stereocenters. The molecule has 2 amide bonds. The van der Waals surface area contributed by atoms with Gasteiger partial charge in [0, 0.05) is 13.1 Å². The minimum absolute atomic E-state index is 0.0906. The third-order valence-corrected chi connectivity index (χ3v) is 8.41. The highest BCUT2D eigenvalue weighted by atomic mass is 32.2. The molecule has 0 fully saturated rings. The topological polar surface area (TPSA) is 86.8 Å². The van der Waals surface area contributed by atoms with E-state index >= 15 is 0 Å². The summed E-state index contributed by atoms with van der Waals surface area (Å²) in [4.78, 5) is 28.8. The zero-order valence-corrected chi connectivity index (χ0v) is 24.1. The molecule has 7 nitrogen and oxygen atoms in total. The first-order valence-electron chi connectivity index (χ1n) is 13.4. The van der Waals surface area contributed by atoms with Crippen molar-refractivity contribution in [3.05, 3.63) is 95.6 Å². The highest BCUT2D eigenvalue weighted by molar-refractivity contribution is 7.92. The molecule has 39 heavy (non-hydrogen) atoms. The summed E-state index contributed by atoms with van der Waals surface area (Å²) in [6.07, 6.45) is 2.17. The van der Waals surface area contributed by atoms with E-state index in [0.29, 0.717) is 18.7 Å². The Morgan fingerprint density at radius 2 is 1.44 bits per heavy atom. The SMILES string of the molecule is CCCCNC(=O)C(CC)N(Cc1ccc(C)cc1)C(=O)CN(c1ccc(C)cc1)S(=O)(=O)c1ccccc1. The average Bonchev–Trinajstić information content (AvgIpc) is 2.93. The van der Waals surface area contributed by atoms with Gasteiger partial charge in [-0.3, -0.25) is 13.9 Å². The van der Waals surface area contributed by atoms with Crippen LogP contribution in [-0.2, 0) is 26.2 Å². The summed E-state index contributed by atoms with van der Waals surface area (Å²) in [5.41, 5.74) is 3.30. The molecule has 3 rings (SSSR count). The predicted octanol–water partition coefficient (Wildman–Crippen LogP) is 5.22. The number of amides is 2. The van der Waals surface area contributed by atoms with Crippen LogP contribution in [0.5, 0.6) is 0 Å². The number of nitrogens with zero attached hydrogens (tertiary/aromatic N) is 2. The van der Waals surface area contributed by atoms with E-state index in [1.807, 2.05) is 64.1 Å². The normalized spacial score (nSPS) is 12.0. The van der Waals surface area contributed by atoms with Gasteiger partial charge in [0.05, 0.1) is 10.6 Å². The first-order valence-corrected chi connectivity index (χ1v) is 14.9. The predicted molar refractivity (Wildman–Crippen MR) is 156 cm³/mol. The molecule has 0 aliphatic rings. The van der Waals surface area contributed by atoms with Gasteiger partial charge in [-0.15, -0.1) is 0 Å². The van der Waals surface area contributed by atoms with Gasteiger partial charge >= 0.3 is 0 Å². The van der Waals surface area contributed by atoms with Crippen molar-refractivity contribution in [3.8, 4) is 0 Å². The summed E-state index contributed by atoms with van der Waals surface area (Å²) < 4.78 is 28.7. The van der Waals surface area contributed by atoms with Crippen molar-refractivity contribution >= 4 is 27.5 Å². The van der Waals surface area contributed by atoms with E-state index < -0.39 is 28.5 Å². The van der Waals surface area contributed by atoms with Gasteiger partial charge in [0.2, 0.25) is 11.8 Å². The second-order valence-electron chi connectivity index (χ2n) is 9.74. The lowest BCUT2D eigenvalue weighted by Crippen LogP contribution is -2.52. The fourth-order valence-corrected chi connectivity index (χ4v) is 5.71. The zero-order chi connectivity index (χ0) is 28.4. The van der Waals surface area contributed by atoms with Gasteiger partial charge in [0.15, 0.2) is 0 Å². The fourth-order valence-electron chi connectivity index (χ4n) is 4.28. The Morgan fingerprint density at radius 1 is 0.846 bits per heavy atom. The van der Waals surface area contributed by atoms with E-state index in [2.05, 4.69) is 5.32 Å². The summed E-state index contributed by atoms with van der Waals surface area (Å²) in [6.45, 7) is 8.07. The van der Waals surface area contributed by atoms with Crippen LogP contribution in [0.4, 0.5) is 5.69 Å². The maximum atomic E-state index is 14.0. The first kappa shape index (κ1) is 29.9. The van der Waals surface area contributed by atoms with Gasteiger partial charge in [-0.25, -0.2) is 8.42 Å². The van der Waals surface area contributed by atoms with E-state index in [1.54, 1.807) is 30.3 Å². The molecule has 3 aromatic rings. The third-order valence-electron chi connectivity index (χ3n) is 6.62. The van der Waals surface area contributed by atoms with Gasteiger partial charge in [-0.05, 0) is 56.5 Å². The molecule has 0 saturated heterocycles. The van der Waals surface area contributed by atoms with Gasteiger partial charge in [-0.1, -0.05) is 86.0 Å². The van der Waals surface area contributed by atoms with Crippen molar-refractivity contribution < 1.29 is 18.0 Å². The smallest absolute Gasteiger partial charge is 0.264 e. The lowest BCUT2D eigenvalue weighted by molar-refractivity contribution is -0.140. The zero-order valence-electron chi connectivity index (χ0n) is 23.3. The number of carbonyl (C=O) groups is 2. The maximum absolute atomic E-state index is 14.0. The van der Waals surface area contributed by atoms with Crippen molar-refractivity contribution in [2.24, 2.45) is 0 Å². The maximum Gasteiger partial charge on any atom is 0.264 e. The Morgan fingerprint density at radius 3 is 2.00 bits per heavy atom. The van der Waals surface area contributed by atoms with Crippen LogP contribution >= 0.6 is 0 Å². The second kappa shape index (κ2) is 13.9. The second-order valence-corrected chi connectivity index (χ2v) is 11.6. The van der Waals surface area contributed by atoms with Crippen LogP contribution < -0.4 is 9.62 Å². The number of hydrogen-bond donors (Lipinski definition) is 1. The Balaban J connectivity index is 2.01. The molecule has 0 aliphatic carbocycles. The molecule has 0 spiro atoms. The molecule has 8 heteroatoms. The number of aryl methyl sites for hydroxylation is 2. The number of benzene rings is 3. The van der Waals surface area contributed by atoms with Gasteiger partial charge < -0.3 is 10.2 Å². The number of nitrogens with one attached hydrogen (secondary N) is 1. The Kier molecular flexibility index (Phi) is 10.7. The summed E-state index contributed by atoms with van der Waals surface area (Å²) in [5.74, 6) is -0.688. The van der Waals surface area contributed by atoms with Crippen molar-refractivity contribution in [1.82, 2.24) is 10.2 Å². The summed E-state index contributed by atoms with van der Waals surface area (Å²) >= 11 is 0. The minimum atomic E-state index is -4.06. The van der Waals surface area contributed by atoms with Crippen LogP contribution in [0, 0.1) is 13.8 Å². The molecular formula is C31H39N3O4S. The molecule has 3 aromatic carbocycles. The van der Waals surface area contributed by atoms with Crippen LogP contribution in [0.2, 0.25) is 0 Å². The van der Waals surface area contributed by atoms with Crippen LogP contribution in [0.1, 0.15) is 49.8 Å². The van der Waals surface area contributed by atoms with Crippen molar-refractivity contribution in [2.45, 2.75) is 64.4 Å². The largest absolute Gasteiger partial charge is 0.354 e. The Bertz CT molecular complexity index is 1320. The van der Waals surface area contributed by atoms with E-state index in [4.69, 9.17) is 0 Å². The molecule has 1 unspecified atom stereocenters. The van der Waals surface area contributed by atoms with Crippen molar-refractivity contribution in [2.75, 3.05) is 17.4 Å². The summed E-state index contributed by atoms with van der Waals surface area (Å²) in [6, 6.07) is 22.1. The summed E-state index contributed by atoms with van der Waals surface area (Å²) in [5, 5.41) is 2.95. The molecule has 0 heterocycles. The monoisotopic (exact) mass is 549 g/mol. The number of rotatable bonds is 13. The molecular weight excluding hydrogens is 510 g/mol. The quantitative estimate of drug-likeness (QED) is 0.296. The lowest BCUT2D eigenvalue weighted by atomic mass is 10.1. The van der Waals surface area contributed by atoms with Crippen molar-refractivity contribution in [3.63, 3.8) is 0 Å². The highest BCUT2D eigenvalue weighted by Gasteiger charge is 2.33. The van der Waals surface area contributed by atoms with Crippen LogP contribution in [0.15, 0.2) is 83.8 Å². The molecule has 0 aliphatic heterocycles. The number of unbranched alkanes of at least 4 members (excludes halogenated alkanes) is 1. The third kappa shape index (κ3) is 7.93. The highest BCUT2D eigenvalue weighted by Crippen LogP contribution is 2.25. The molecule has 1 N–H and O–H groups in total. The molecule has 0 bridgehead atoms. The average molecular weight is 550 g/mol. The van der Waals surface area contributed by atoms with Gasteiger partial charge in [0.1, 0.15) is 12.6 Å². The fraction of sp³-hybridized carbons (Fsp3) is 0.355. The number of sulfonamides is 1. The Labute approximate surface area is 232 Å². The molecule has 0 radical (unpaired) electrons. The standard InChI is InChI=1S/C31H39N3O4S/c1-5-7-21-32-31(36)29(6-2)33(22-26-17-13-24(3)14-18-26)30(35)23-34(27-19-15-25(4)16-20-27)39(37,38)28-11-9-8-10-12-28/h8-20,29H,5-7,21-23H2,1-4H3,(H,32,36). The number of anilines is 1. The Hall–Kier alpha value is -3.65. The first-order chi connectivity index (χ1) is 18.7. The molecule has 208 valence electrons. The van der Waals surface area contributed by atoms with Crippen LogP contribution in [0.25, 0.3) is 0 Å². The van der Waals surface area contributed by atoms with E-state index in [0.717, 1.165) is 33.8 Å². The lowest BCUT2D eigenvalue weighted by Gasteiger charge is -2.33. The molecule has 0 aromatic heterocycles. The number of hydrogen-bond acceptors (Lipinski definition) is 4. The summed E-state index contributed by atoms with van der Waals surface area (Å²) in [7, 11) is -4.06. The number of carbonyl (C=O) groups excluding carboxylic acids is 2. The van der Waals surface area contributed by atoms with Crippen molar-refractivity contribution in [1.29, 1.82) is 0 Å². The van der Waals surface area contributed by atoms with Gasteiger partial charge in [0.25, 0.3) is 10.0 Å². The van der Waals surface area contributed by atoms with E-state index in [-0.39, 0.29) is 17.3 Å². The van der Waals surface area contributed by atoms with Gasteiger partial charge in [-0.2, -0.15) is 0 Å². The minimum Gasteiger partial charge on any atom is -0.354 e. The van der Waals surface area contributed by atoms with E-state index in [9.17, 15) is 18.0 Å². The van der Waals surface area contributed by atoms with Crippen LogP contribution in [-0.4, -0.2) is 44.3 Å².